The fraction of sp³-hybridized carbons (Fsp3) is 0.667. The summed E-state index contributed by atoms with van der Waals surface area (Å²) in [6.07, 6.45) is 10.1. The summed E-state index contributed by atoms with van der Waals surface area (Å²) in [5, 5.41) is 20.7. The van der Waals surface area contributed by atoms with Crippen LogP contribution in [0.5, 0.6) is 0 Å². The van der Waals surface area contributed by atoms with Crippen molar-refractivity contribution in [2.45, 2.75) is 64.1 Å². The van der Waals surface area contributed by atoms with Crippen molar-refractivity contribution < 1.29 is 9.72 Å². The summed E-state index contributed by atoms with van der Waals surface area (Å²) in [6, 6.07) is 0. The van der Waals surface area contributed by atoms with Crippen LogP contribution >= 0.6 is 15.9 Å². The van der Waals surface area contributed by atoms with Crippen LogP contribution in [0.4, 0.5) is 5.69 Å². The molecular formula is C21H27BrN6O3. The highest BCUT2D eigenvalue weighted by atomic mass is 79.9. The maximum absolute atomic E-state index is 13.2. The van der Waals surface area contributed by atoms with Crippen LogP contribution < -0.4 is 0 Å². The molecule has 9 nitrogen and oxygen atoms in total. The van der Waals surface area contributed by atoms with Gasteiger partial charge in [-0.15, -0.1) is 0 Å². The van der Waals surface area contributed by atoms with E-state index < -0.39 is 10.8 Å². The molecule has 4 saturated carbocycles. The predicted molar refractivity (Wildman–Crippen MR) is 116 cm³/mol. The van der Waals surface area contributed by atoms with E-state index in [0.717, 1.165) is 29.4 Å². The molecule has 0 unspecified atom stereocenters. The molecule has 10 heteroatoms. The molecule has 0 atom stereocenters. The van der Waals surface area contributed by atoms with Crippen LogP contribution in [-0.4, -0.2) is 42.3 Å². The molecule has 31 heavy (non-hydrogen) atoms. The minimum absolute atomic E-state index is 0.0677. The monoisotopic (exact) mass is 490 g/mol. The maximum Gasteiger partial charge on any atom is 0.320 e. The summed E-state index contributed by atoms with van der Waals surface area (Å²) in [6.45, 7) is 2.93. The Bertz CT molecular complexity index is 1010. The number of aryl methyl sites for hydroxylation is 1. The van der Waals surface area contributed by atoms with Gasteiger partial charge < -0.3 is 4.90 Å². The Morgan fingerprint density at radius 2 is 1.90 bits per heavy atom. The molecule has 166 valence electrons. The first kappa shape index (κ1) is 20.7. The highest BCUT2D eigenvalue weighted by molar-refractivity contribution is 9.10. The number of aromatic nitrogens is 4. The number of hydrogen-bond acceptors (Lipinski definition) is 5. The number of nitro groups is 1. The zero-order valence-electron chi connectivity index (χ0n) is 17.8. The van der Waals surface area contributed by atoms with Gasteiger partial charge in [0.2, 0.25) is 5.69 Å². The van der Waals surface area contributed by atoms with Gasteiger partial charge in [0.05, 0.1) is 33.4 Å². The first-order valence-corrected chi connectivity index (χ1v) is 11.8. The van der Waals surface area contributed by atoms with Crippen molar-refractivity contribution in [1.29, 1.82) is 0 Å². The normalized spacial score (nSPS) is 28.8. The summed E-state index contributed by atoms with van der Waals surface area (Å²) in [5.41, 5.74) is 0.416. The van der Waals surface area contributed by atoms with Gasteiger partial charge in [0.15, 0.2) is 0 Å². The van der Waals surface area contributed by atoms with Crippen molar-refractivity contribution in [3.8, 4) is 0 Å². The minimum atomic E-state index is -0.475. The van der Waals surface area contributed by atoms with Crippen molar-refractivity contribution in [2.24, 2.45) is 17.8 Å². The Hall–Kier alpha value is -2.23. The van der Waals surface area contributed by atoms with Gasteiger partial charge in [-0.2, -0.15) is 10.2 Å². The molecule has 4 aliphatic rings. The SMILES string of the molecule is CCn1ncc(Br)c1CN(C)C(=O)c1nn(C23CC4CC(CC(C4)C2)C3)cc1[N+](=O)[O-]. The number of halogens is 1. The van der Waals surface area contributed by atoms with Gasteiger partial charge in [-0.05, 0) is 79.1 Å². The number of nitrogens with zero attached hydrogens (tertiary/aromatic N) is 6. The Morgan fingerprint density at radius 1 is 1.29 bits per heavy atom. The Morgan fingerprint density at radius 3 is 2.45 bits per heavy atom. The standard InChI is InChI=1S/C21H27BrN6O3/c1-3-26-17(16(22)10-23-26)11-25(2)20(29)19-18(28(30)31)12-27(24-19)21-7-13-4-14(8-21)6-15(5-13)9-21/h10,12-15H,3-9,11H2,1-2H3. The van der Waals surface area contributed by atoms with Crippen LogP contribution in [0.25, 0.3) is 0 Å². The quantitative estimate of drug-likeness (QED) is 0.450. The number of rotatable bonds is 6. The van der Waals surface area contributed by atoms with E-state index in [1.807, 2.05) is 6.92 Å². The van der Waals surface area contributed by atoms with Crippen LogP contribution in [0.1, 0.15) is 61.6 Å². The fourth-order valence-corrected chi connectivity index (χ4v) is 6.96. The van der Waals surface area contributed by atoms with Gasteiger partial charge in [-0.3, -0.25) is 24.3 Å². The van der Waals surface area contributed by atoms with E-state index in [0.29, 0.717) is 24.3 Å². The Balaban J connectivity index is 1.45. The lowest BCUT2D eigenvalue weighted by molar-refractivity contribution is -0.385. The molecular weight excluding hydrogens is 464 g/mol. The highest BCUT2D eigenvalue weighted by Crippen LogP contribution is 2.58. The zero-order valence-corrected chi connectivity index (χ0v) is 19.4. The first-order valence-electron chi connectivity index (χ1n) is 11.0. The second-order valence-corrected chi connectivity index (χ2v) is 10.5. The average molecular weight is 491 g/mol. The smallest absolute Gasteiger partial charge is 0.320 e. The van der Waals surface area contributed by atoms with E-state index in [1.165, 1.54) is 30.4 Å². The molecule has 4 fully saturated rings. The summed E-state index contributed by atoms with van der Waals surface area (Å²) >= 11 is 3.47. The lowest BCUT2D eigenvalue weighted by Gasteiger charge is -2.56. The third kappa shape index (κ3) is 3.39. The second-order valence-electron chi connectivity index (χ2n) is 9.62. The minimum Gasteiger partial charge on any atom is -0.334 e. The van der Waals surface area contributed by atoms with Gasteiger partial charge in [-0.25, -0.2) is 0 Å². The van der Waals surface area contributed by atoms with Gasteiger partial charge in [0, 0.05) is 13.6 Å². The van der Waals surface area contributed by atoms with Crippen LogP contribution in [0.2, 0.25) is 0 Å². The highest BCUT2D eigenvalue weighted by Gasteiger charge is 2.53. The van der Waals surface area contributed by atoms with E-state index in [4.69, 9.17) is 0 Å². The van der Waals surface area contributed by atoms with Gasteiger partial charge in [-0.1, -0.05) is 0 Å². The van der Waals surface area contributed by atoms with Crippen molar-refractivity contribution in [3.63, 3.8) is 0 Å². The summed E-state index contributed by atoms with van der Waals surface area (Å²) in [5.74, 6) is 1.61. The lowest BCUT2D eigenvalue weighted by atomic mass is 9.53. The first-order chi connectivity index (χ1) is 14.8. The molecule has 0 N–H and O–H groups in total. The predicted octanol–water partition coefficient (Wildman–Crippen LogP) is 3.97. The molecule has 0 aliphatic heterocycles. The Kier molecular flexibility index (Phi) is 4.95. The third-order valence-electron chi connectivity index (χ3n) is 7.52. The van der Waals surface area contributed by atoms with Crippen LogP contribution in [-0.2, 0) is 18.6 Å². The maximum atomic E-state index is 13.2. The summed E-state index contributed by atoms with van der Waals surface area (Å²) in [7, 11) is 1.65. The number of carbonyl (C=O) groups is 1. The molecule has 4 bridgehead atoms. The molecule has 0 aromatic carbocycles. The summed E-state index contributed by atoms with van der Waals surface area (Å²) in [4.78, 5) is 26.1. The van der Waals surface area contributed by atoms with Crippen LogP contribution in [0, 0.1) is 27.9 Å². The molecule has 0 spiro atoms. The number of amides is 1. The van der Waals surface area contributed by atoms with Crippen LogP contribution in [0.3, 0.4) is 0 Å². The van der Waals surface area contributed by atoms with Crippen molar-refractivity contribution >= 4 is 27.5 Å². The average Bonchev–Trinajstić information content (AvgIpc) is 3.31. The van der Waals surface area contributed by atoms with Crippen molar-refractivity contribution in [1.82, 2.24) is 24.5 Å². The molecule has 2 heterocycles. The number of carbonyl (C=O) groups excluding carboxylic acids is 1. The van der Waals surface area contributed by atoms with Gasteiger partial charge >= 0.3 is 5.69 Å². The van der Waals surface area contributed by atoms with Gasteiger partial charge in [0.25, 0.3) is 5.91 Å². The Labute approximate surface area is 189 Å². The topological polar surface area (TPSA) is 99.1 Å². The van der Waals surface area contributed by atoms with E-state index in [1.54, 1.807) is 22.6 Å². The second kappa shape index (κ2) is 7.43. The molecule has 6 rings (SSSR count). The van der Waals surface area contributed by atoms with Crippen molar-refractivity contribution in [2.75, 3.05) is 7.05 Å². The molecule has 2 aromatic rings. The largest absolute Gasteiger partial charge is 0.334 e. The fourth-order valence-electron chi connectivity index (χ4n) is 6.53. The molecule has 1 amide bonds. The van der Waals surface area contributed by atoms with E-state index in [2.05, 4.69) is 26.1 Å². The van der Waals surface area contributed by atoms with E-state index in [-0.39, 0.29) is 23.5 Å². The molecule has 2 aromatic heterocycles. The van der Waals surface area contributed by atoms with Gasteiger partial charge in [0.1, 0.15) is 6.20 Å². The zero-order chi connectivity index (χ0) is 21.9. The lowest BCUT2D eigenvalue weighted by Crippen LogP contribution is -2.52. The number of hydrogen-bond donors (Lipinski definition) is 0. The summed E-state index contributed by atoms with van der Waals surface area (Å²) < 4.78 is 4.40. The molecule has 0 radical (unpaired) electrons. The molecule has 4 aliphatic carbocycles. The molecule has 0 saturated heterocycles. The third-order valence-corrected chi connectivity index (χ3v) is 8.18. The van der Waals surface area contributed by atoms with E-state index >= 15 is 0 Å². The van der Waals surface area contributed by atoms with Crippen LogP contribution in [0.15, 0.2) is 16.9 Å². The van der Waals surface area contributed by atoms with E-state index in [9.17, 15) is 14.9 Å². The van der Waals surface area contributed by atoms with Crippen molar-refractivity contribution in [3.05, 3.63) is 38.4 Å².